The van der Waals surface area contributed by atoms with Crippen molar-refractivity contribution in [3.05, 3.63) is 22.8 Å². The molecule has 0 fully saturated rings. The van der Waals surface area contributed by atoms with Gasteiger partial charge in [0.2, 0.25) is 0 Å². The zero-order valence-electron chi connectivity index (χ0n) is 12.7. The summed E-state index contributed by atoms with van der Waals surface area (Å²) in [6.45, 7) is 7.30. The van der Waals surface area contributed by atoms with Crippen LogP contribution in [0.3, 0.4) is 0 Å². The van der Waals surface area contributed by atoms with Gasteiger partial charge in [-0.3, -0.25) is 4.79 Å². The van der Waals surface area contributed by atoms with Crippen molar-refractivity contribution in [2.24, 2.45) is 5.92 Å². The average Bonchev–Trinajstić information content (AvgIpc) is 2.35. The molecular formula is C16H22O4. The molecule has 4 nitrogen and oxygen atoms in total. The second-order valence-electron chi connectivity index (χ2n) is 5.99. The summed E-state index contributed by atoms with van der Waals surface area (Å²) in [5.41, 5.74) is 0.330. The number of aromatic hydroxyl groups is 1. The van der Waals surface area contributed by atoms with Gasteiger partial charge in [-0.1, -0.05) is 20.8 Å². The second-order valence-corrected chi connectivity index (χ2v) is 5.99. The molecule has 0 unspecified atom stereocenters. The Bertz CT molecular complexity index is 562. The molecule has 0 heterocycles. The van der Waals surface area contributed by atoms with Crippen molar-refractivity contribution in [3.8, 4) is 11.5 Å². The first-order valence-electron chi connectivity index (χ1n) is 6.91. The lowest BCUT2D eigenvalue weighted by molar-refractivity contribution is -0.145. The number of rotatable bonds is 2. The van der Waals surface area contributed by atoms with E-state index in [1.165, 1.54) is 7.11 Å². The topological polar surface area (TPSA) is 66.8 Å². The molecule has 0 saturated heterocycles. The van der Waals surface area contributed by atoms with Gasteiger partial charge in [0, 0.05) is 12.0 Å². The van der Waals surface area contributed by atoms with Crippen LogP contribution in [-0.2, 0) is 10.4 Å². The first-order chi connectivity index (χ1) is 9.25. The van der Waals surface area contributed by atoms with Crippen molar-refractivity contribution in [1.29, 1.82) is 0 Å². The molecule has 4 heteroatoms. The SMILES string of the molecule is COc1c(C)cc2c(c1O)[C@H](C)CC(=O)[C@@]2(O)C(C)C. The number of hydrogen-bond acceptors (Lipinski definition) is 4. The van der Waals surface area contributed by atoms with Gasteiger partial charge in [0.25, 0.3) is 0 Å². The zero-order chi connectivity index (χ0) is 15.2. The number of Topliss-reactive ketones (excluding diaryl/α,β-unsaturated/α-hetero) is 1. The van der Waals surface area contributed by atoms with Crippen LogP contribution in [-0.4, -0.2) is 23.1 Å². The number of phenols is 1. The third-order valence-electron chi connectivity index (χ3n) is 4.34. The Balaban J connectivity index is 2.81. The van der Waals surface area contributed by atoms with Gasteiger partial charge in [-0.15, -0.1) is 0 Å². The van der Waals surface area contributed by atoms with Crippen molar-refractivity contribution >= 4 is 5.78 Å². The Hall–Kier alpha value is -1.55. The number of fused-ring (bicyclic) bond motifs is 1. The van der Waals surface area contributed by atoms with Crippen LogP contribution in [0.25, 0.3) is 0 Å². The molecule has 110 valence electrons. The largest absolute Gasteiger partial charge is 0.504 e. The highest BCUT2D eigenvalue weighted by atomic mass is 16.5. The summed E-state index contributed by atoms with van der Waals surface area (Å²) < 4.78 is 5.23. The van der Waals surface area contributed by atoms with Gasteiger partial charge >= 0.3 is 0 Å². The summed E-state index contributed by atoms with van der Waals surface area (Å²) in [6.07, 6.45) is 0.224. The van der Waals surface area contributed by atoms with E-state index in [2.05, 4.69) is 0 Å². The maximum Gasteiger partial charge on any atom is 0.169 e. The van der Waals surface area contributed by atoms with E-state index in [1.54, 1.807) is 13.0 Å². The lowest BCUT2D eigenvalue weighted by Gasteiger charge is -2.39. The predicted molar refractivity (Wildman–Crippen MR) is 76.2 cm³/mol. The minimum Gasteiger partial charge on any atom is -0.504 e. The van der Waals surface area contributed by atoms with Crippen LogP contribution in [0.4, 0.5) is 0 Å². The molecule has 1 aliphatic carbocycles. The van der Waals surface area contributed by atoms with Gasteiger partial charge in [0.15, 0.2) is 22.9 Å². The van der Waals surface area contributed by atoms with E-state index >= 15 is 0 Å². The van der Waals surface area contributed by atoms with Crippen LogP contribution < -0.4 is 4.74 Å². The number of carbonyl (C=O) groups excluding carboxylic acids is 1. The van der Waals surface area contributed by atoms with Crippen LogP contribution in [0.2, 0.25) is 0 Å². The van der Waals surface area contributed by atoms with E-state index in [-0.39, 0.29) is 29.8 Å². The van der Waals surface area contributed by atoms with Crippen molar-refractivity contribution in [2.45, 2.75) is 45.6 Å². The number of ether oxygens (including phenoxy) is 1. The van der Waals surface area contributed by atoms with Crippen molar-refractivity contribution in [1.82, 2.24) is 0 Å². The van der Waals surface area contributed by atoms with Crippen molar-refractivity contribution in [3.63, 3.8) is 0 Å². The number of phenolic OH excluding ortho intramolecular Hbond substituents is 1. The number of carbonyl (C=O) groups is 1. The molecule has 2 rings (SSSR count). The minimum atomic E-state index is -1.53. The highest BCUT2D eigenvalue weighted by Crippen LogP contribution is 2.50. The highest BCUT2D eigenvalue weighted by Gasteiger charge is 2.48. The van der Waals surface area contributed by atoms with Crippen LogP contribution in [0, 0.1) is 12.8 Å². The molecule has 20 heavy (non-hydrogen) atoms. The number of benzene rings is 1. The maximum atomic E-state index is 12.3. The number of ketones is 1. The number of hydrogen-bond donors (Lipinski definition) is 2. The summed E-state index contributed by atoms with van der Waals surface area (Å²) in [7, 11) is 1.50. The molecular weight excluding hydrogens is 256 g/mol. The summed E-state index contributed by atoms with van der Waals surface area (Å²) in [5.74, 6) is -0.117. The molecule has 0 bridgehead atoms. The minimum absolute atomic E-state index is 0.0431. The van der Waals surface area contributed by atoms with Gasteiger partial charge in [-0.2, -0.15) is 0 Å². The van der Waals surface area contributed by atoms with E-state index < -0.39 is 5.60 Å². The molecule has 0 aliphatic heterocycles. The van der Waals surface area contributed by atoms with E-state index in [0.29, 0.717) is 22.4 Å². The highest BCUT2D eigenvalue weighted by molar-refractivity contribution is 5.92. The maximum absolute atomic E-state index is 12.3. The number of aliphatic hydroxyl groups is 1. The lowest BCUT2D eigenvalue weighted by atomic mass is 9.68. The van der Waals surface area contributed by atoms with E-state index in [9.17, 15) is 15.0 Å². The van der Waals surface area contributed by atoms with Gasteiger partial charge in [0.1, 0.15) is 0 Å². The molecule has 0 saturated carbocycles. The molecule has 1 aliphatic rings. The molecule has 0 radical (unpaired) electrons. The molecule has 0 spiro atoms. The summed E-state index contributed by atoms with van der Waals surface area (Å²) in [5, 5.41) is 21.3. The lowest BCUT2D eigenvalue weighted by Crippen LogP contribution is -2.45. The first-order valence-corrected chi connectivity index (χ1v) is 6.91. The molecule has 2 atom stereocenters. The monoisotopic (exact) mass is 278 g/mol. The summed E-state index contributed by atoms with van der Waals surface area (Å²) in [4.78, 5) is 12.3. The third kappa shape index (κ3) is 1.82. The van der Waals surface area contributed by atoms with Gasteiger partial charge < -0.3 is 14.9 Å². The van der Waals surface area contributed by atoms with Gasteiger partial charge in [-0.05, 0) is 36.0 Å². The van der Waals surface area contributed by atoms with E-state index in [4.69, 9.17) is 4.74 Å². The average molecular weight is 278 g/mol. The van der Waals surface area contributed by atoms with Crippen LogP contribution in [0.5, 0.6) is 11.5 Å². The number of aryl methyl sites for hydroxylation is 1. The summed E-state index contributed by atoms with van der Waals surface area (Å²) >= 11 is 0. The Morgan fingerprint density at radius 1 is 1.45 bits per heavy atom. The fourth-order valence-corrected chi connectivity index (χ4v) is 3.19. The van der Waals surface area contributed by atoms with Gasteiger partial charge in [-0.25, -0.2) is 0 Å². The second kappa shape index (κ2) is 4.77. The van der Waals surface area contributed by atoms with Crippen molar-refractivity contribution in [2.75, 3.05) is 7.11 Å². The smallest absolute Gasteiger partial charge is 0.169 e. The molecule has 0 aromatic heterocycles. The normalized spacial score (nSPS) is 25.8. The molecule has 1 aromatic rings. The summed E-state index contributed by atoms with van der Waals surface area (Å²) in [6, 6.07) is 1.77. The van der Waals surface area contributed by atoms with Crippen LogP contribution >= 0.6 is 0 Å². The van der Waals surface area contributed by atoms with E-state index in [1.807, 2.05) is 20.8 Å². The molecule has 2 N–H and O–H groups in total. The van der Waals surface area contributed by atoms with Crippen molar-refractivity contribution < 1.29 is 19.7 Å². The molecule has 1 aromatic carbocycles. The van der Waals surface area contributed by atoms with Crippen LogP contribution in [0.15, 0.2) is 6.07 Å². The Labute approximate surface area is 119 Å². The Morgan fingerprint density at radius 2 is 2.05 bits per heavy atom. The number of methoxy groups -OCH3 is 1. The Kier molecular flexibility index (Phi) is 3.54. The fraction of sp³-hybridized carbons (Fsp3) is 0.562. The van der Waals surface area contributed by atoms with Gasteiger partial charge in [0.05, 0.1) is 7.11 Å². The fourth-order valence-electron chi connectivity index (χ4n) is 3.19. The zero-order valence-corrected chi connectivity index (χ0v) is 12.7. The van der Waals surface area contributed by atoms with E-state index in [0.717, 1.165) is 0 Å². The quantitative estimate of drug-likeness (QED) is 0.872. The Morgan fingerprint density at radius 3 is 2.55 bits per heavy atom. The third-order valence-corrected chi connectivity index (χ3v) is 4.34. The molecule has 0 amide bonds. The predicted octanol–water partition coefficient (Wildman–Crippen LogP) is 2.63. The first kappa shape index (κ1) is 14.9. The standard InChI is InChI=1S/C16H22O4/c1-8(2)16(19)11-6-10(4)15(20-5)14(18)13(11)9(3)7-12(16)17/h6,8-9,18-19H,7H2,1-5H3/t9-,16-/m1/s1. The van der Waals surface area contributed by atoms with Crippen LogP contribution in [0.1, 0.15) is 49.8 Å².